The van der Waals surface area contributed by atoms with Gasteiger partial charge in [-0.3, -0.25) is 0 Å². The molecule has 3 nitrogen and oxygen atoms in total. The van der Waals surface area contributed by atoms with E-state index in [0.717, 1.165) is 16.7 Å². The van der Waals surface area contributed by atoms with Gasteiger partial charge in [0.1, 0.15) is 5.82 Å². The number of nitrogens with two attached hydrogens (primary N) is 1. The molecule has 0 heterocycles. The second-order valence-corrected chi connectivity index (χ2v) is 8.87. The van der Waals surface area contributed by atoms with E-state index < -0.39 is 10.0 Å². The summed E-state index contributed by atoms with van der Waals surface area (Å²) in [7, 11) is -3.71. The molecule has 0 radical (unpaired) electrons. The van der Waals surface area contributed by atoms with Crippen molar-refractivity contribution in [3.05, 3.63) is 71.6 Å². The van der Waals surface area contributed by atoms with E-state index in [9.17, 15) is 12.8 Å². The van der Waals surface area contributed by atoms with Crippen LogP contribution in [0.2, 0.25) is 0 Å². The number of primary sulfonamides is 1. The predicted molar refractivity (Wildman–Crippen MR) is 97.9 cm³/mol. The van der Waals surface area contributed by atoms with Crippen molar-refractivity contribution in [1.82, 2.24) is 0 Å². The molecular formula is C20H22FNO2S. The summed E-state index contributed by atoms with van der Waals surface area (Å²) >= 11 is 0. The third-order valence-electron chi connectivity index (χ3n) is 5.28. The van der Waals surface area contributed by atoms with Gasteiger partial charge in [0.05, 0.1) is 4.90 Å². The van der Waals surface area contributed by atoms with Crippen molar-refractivity contribution in [3.8, 4) is 0 Å². The normalized spacial score (nSPS) is 22.7. The Labute approximate surface area is 148 Å². The Morgan fingerprint density at radius 3 is 2.08 bits per heavy atom. The molecule has 0 bridgehead atoms. The Balaban J connectivity index is 2.06. The van der Waals surface area contributed by atoms with E-state index in [0.29, 0.717) is 5.92 Å². The van der Waals surface area contributed by atoms with E-state index in [1.165, 1.54) is 12.1 Å². The highest BCUT2D eigenvalue weighted by Gasteiger charge is 2.40. The first-order valence-electron chi connectivity index (χ1n) is 8.21. The van der Waals surface area contributed by atoms with Crippen LogP contribution < -0.4 is 5.14 Å². The zero-order valence-corrected chi connectivity index (χ0v) is 15.3. The van der Waals surface area contributed by atoms with Crippen LogP contribution in [0.3, 0.4) is 0 Å². The van der Waals surface area contributed by atoms with E-state index in [1.54, 1.807) is 24.3 Å². The second-order valence-electron chi connectivity index (χ2n) is 7.31. The number of allylic oxidation sites excluding steroid dienone is 2. The molecule has 0 spiro atoms. The third-order valence-corrected chi connectivity index (χ3v) is 6.21. The highest BCUT2D eigenvalue weighted by atomic mass is 32.2. The van der Waals surface area contributed by atoms with Crippen molar-refractivity contribution >= 4 is 15.6 Å². The maximum atomic E-state index is 13.3. The lowest BCUT2D eigenvalue weighted by molar-refractivity contribution is 0.312. The Morgan fingerprint density at radius 1 is 1.00 bits per heavy atom. The minimum absolute atomic E-state index is 0.0208. The molecule has 132 valence electrons. The zero-order chi connectivity index (χ0) is 18.4. The summed E-state index contributed by atoms with van der Waals surface area (Å²) in [5.74, 6) is 0.159. The van der Waals surface area contributed by atoms with Gasteiger partial charge in [-0.05, 0) is 52.3 Å². The van der Waals surface area contributed by atoms with Gasteiger partial charge in [-0.15, -0.1) is 0 Å². The Hall–Kier alpha value is -1.98. The van der Waals surface area contributed by atoms with Crippen LogP contribution >= 0.6 is 0 Å². The van der Waals surface area contributed by atoms with Crippen LogP contribution in [0.5, 0.6) is 0 Å². The molecule has 1 aliphatic carbocycles. The van der Waals surface area contributed by atoms with Crippen LogP contribution in [0, 0.1) is 17.2 Å². The molecule has 0 amide bonds. The summed E-state index contributed by atoms with van der Waals surface area (Å²) in [6.07, 6.45) is 2.24. The molecule has 25 heavy (non-hydrogen) atoms. The average Bonchev–Trinajstić information content (AvgIpc) is 2.78. The Bertz CT molecular complexity index is 913. The lowest BCUT2D eigenvalue weighted by atomic mass is 9.75. The lowest BCUT2D eigenvalue weighted by Crippen LogP contribution is -2.19. The minimum atomic E-state index is -3.71. The highest BCUT2D eigenvalue weighted by molar-refractivity contribution is 7.89. The van der Waals surface area contributed by atoms with Gasteiger partial charge in [-0.2, -0.15) is 0 Å². The van der Waals surface area contributed by atoms with Gasteiger partial charge in [0.15, 0.2) is 0 Å². The fourth-order valence-electron chi connectivity index (χ4n) is 3.56. The fraction of sp³-hybridized carbons (Fsp3) is 0.300. The molecule has 5 heteroatoms. The average molecular weight is 359 g/mol. The number of sulfonamides is 1. The van der Waals surface area contributed by atoms with Crippen LogP contribution in [0.1, 0.15) is 37.8 Å². The van der Waals surface area contributed by atoms with Gasteiger partial charge in [-0.25, -0.2) is 17.9 Å². The third kappa shape index (κ3) is 3.39. The van der Waals surface area contributed by atoms with E-state index in [1.807, 2.05) is 12.1 Å². The van der Waals surface area contributed by atoms with E-state index in [4.69, 9.17) is 5.14 Å². The van der Waals surface area contributed by atoms with Crippen LogP contribution in [0.15, 0.2) is 59.5 Å². The van der Waals surface area contributed by atoms with Crippen LogP contribution in [0.4, 0.5) is 4.39 Å². The van der Waals surface area contributed by atoms with Crippen molar-refractivity contribution in [2.45, 2.75) is 31.6 Å². The summed E-state index contributed by atoms with van der Waals surface area (Å²) in [4.78, 5) is 0.105. The quantitative estimate of drug-likeness (QED) is 0.887. The smallest absolute Gasteiger partial charge is 0.225 e. The number of benzene rings is 2. The number of hydrogen-bond acceptors (Lipinski definition) is 2. The Kier molecular flexibility index (Phi) is 4.33. The molecule has 0 saturated heterocycles. The molecular weight excluding hydrogens is 337 g/mol. The molecule has 0 aromatic heterocycles. The highest BCUT2D eigenvalue weighted by Crippen LogP contribution is 2.53. The predicted octanol–water partition coefficient (Wildman–Crippen LogP) is 4.32. The van der Waals surface area contributed by atoms with Gasteiger partial charge in [0.2, 0.25) is 10.0 Å². The first-order valence-corrected chi connectivity index (χ1v) is 9.76. The molecule has 0 aliphatic heterocycles. The summed E-state index contributed by atoms with van der Waals surface area (Å²) in [5.41, 5.74) is 3.13. The van der Waals surface area contributed by atoms with E-state index >= 15 is 0 Å². The van der Waals surface area contributed by atoms with Gasteiger partial charge in [-0.1, -0.05) is 51.1 Å². The summed E-state index contributed by atoms with van der Waals surface area (Å²) in [5, 5.41) is 5.19. The van der Waals surface area contributed by atoms with Crippen molar-refractivity contribution in [2.75, 3.05) is 0 Å². The van der Waals surface area contributed by atoms with Crippen LogP contribution in [-0.4, -0.2) is 8.42 Å². The summed E-state index contributed by atoms with van der Waals surface area (Å²) < 4.78 is 36.3. The zero-order valence-electron chi connectivity index (χ0n) is 14.5. The van der Waals surface area contributed by atoms with Crippen molar-refractivity contribution in [3.63, 3.8) is 0 Å². The summed E-state index contributed by atoms with van der Waals surface area (Å²) in [6.45, 7) is 6.55. The topological polar surface area (TPSA) is 60.2 Å². The van der Waals surface area contributed by atoms with Crippen LogP contribution in [-0.2, 0) is 10.0 Å². The molecule has 0 fully saturated rings. The number of hydrogen-bond donors (Lipinski definition) is 1. The molecule has 2 N–H and O–H groups in total. The maximum Gasteiger partial charge on any atom is 0.238 e. The largest absolute Gasteiger partial charge is 0.238 e. The van der Waals surface area contributed by atoms with Gasteiger partial charge >= 0.3 is 0 Å². The standard InChI is InChI=1S/C20H22FNO2S/c1-13-19(15-6-10-17(11-7-15)25(22,23)24)18(12-20(13,2)3)14-4-8-16(21)9-5-14/h4-13,19H,1-3H3,(H2,22,23,24). The minimum Gasteiger partial charge on any atom is -0.225 e. The van der Waals surface area contributed by atoms with Crippen LogP contribution in [0.25, 0.3) is 5.57 Å². The molecule has 1 aliphatic rings. The maximum absolute atomic E-state index is 13.3. The SMILES string of the molecule is CC1C(c2ccc(S(N)(=O)=O)cc2)C(c2ccc(F)cc2)=CC1(C)C. The van der Waals surface area contributed by atoms with Crippen molar-refractivity contribution in [1.29, 1.82) is 0 Å². The molecule has 0 saturated carbocycles. The van der Waals surface area contributed by atoms with Crippen molar-refractivity contribution < 1.29 is 12.8 Å². The molecule has 2 atom stereocenters. The van der Waals surface area contributed by atoms with Gasteiger partial charge in [0.25, 0.3) is 0 Å². The summed E-state index contributed by atoms with van der Waals surface area (Å²) in [6, 6.07) is 13.2. The van der Waals surface area contributed by atoms with Gasteiger partial charge < -0.3 is 0 Å². The molecule has 3 rings (SSSR count). The Morgan fingerprint density at radius 2 is 1.56 bits per heavy atom. The fourth-order valence-corrected chi connectivity index (χ4v) is 4.07. The number of halogens is 1. The second kappa shape index (κ2) is 6.07. The van der Waals surface area contributed by atoms with Crippen molar-refractivity contribution in [2.24, 2.45) is 16.5 Å². The van der Waals surface area contributed by atoms with E-state index in [-0.39, 0.29) is 22.0 Å². The van der Waals surface area contributed by atoms with E-state index in [2.05, 4.69) is 26.8 Å². The molecule has 2 unspecified atom stereocenters. The molecule has 2 aromatic carbocycles. The number of rotatable bonds is 3. The molecule has 2 aromatic rings. The lowest BCUT2D eigenvalue weighted by Gasteiger charge is -2.28. The van der Waals surface area contributed by atoms with Gasteiger partial charge in [0, 0.05) is 5.92 Å². The first-order chi connectivity index (χ1) is 11.6. The first kappa shape index (κ1) is 17.8. The monoisotopic (exact) mass is 359 g/mol.